The predicted molar refractivity (Wildman–Crippen MR) is 99.6 cm³/mol. The first kappa shape index (κ1) is 20.1. The SMILES string of the molecule is Cc1cccc(NC(=O)COC(=O)CCCC(=O)Nc2ccc(F)cc2)c1. The summed E-state index contributed by atoms with van der Waals surface area (Å²) in [5.41, 5.74) is 2.12. The fourth-order valence-corrected chi connectivity index (χ4v) is 2.29. The molecule has 0 saturated carbocycles. The standard InChI is InChI=1S/C20H21FN2O4/c1-14-4-2-5-17(12-14)23-19(25)13-27-20(26)7-3-6-18(24)22-16-10-8-15(21)9-11-16/h2,4-5,8-12H,3,6-7,13H2,1H3,(H,22,24)(H,23,25). The number of aryl methyl sites for hydroxylation is 1. The lowest BCUT2D eigenvalue weighted by Gasteiger charge is -2.07. The van der Waals surface area contributed by atoms with Gasteiger partial charge in [0.15, 0.2) is 6.61 Å². The molecule has 27 heavy (non-hydrogen) atoms. The van der Waals surface area contributed by atoms with Gasteiger partial charge in [0.1, 0.15) is 5.82 Å². The molecule has 0 saturated heterocycles. The van der Waals surface area contributed by atoms with Crippen molar-refractivity contribution in [1.29, 1.82) is 0 Å². The van der Waals surface area contributed by atoms with Gasteiger partial charge < -0.3 is 15.4 Å². The lowest BCUT2D eigenvalue weighted by Crippen LogP contribution is -2.21. The number of halogens is 1. The highest BCUT2D eigenvalue weighted by Crippen LogP contribution is 2.10. The van der Waals surface area contributed by atoms with Crippen molar-refractivity contribution >= 4 is 29.2 Å². The van der Waals surface area contributed by atoms with E-state index in [0.717, 1.165) is 5.56 Å². The summed E-state index contributed by atoms with van der Waals surface area (Å²) in [4.78, 5) is 35.2. The van der Waals surface area contributed by atoms with E-state index in [4.69, 9.17) is 4.74 Å². The highest BCUT2D eigenvalue weighted by Gasteiger charge is 2.10. The number of esters is 1. The molecule has 142 valence electrons. The molecule has 0 aliphatic carbocycles. The molecular weight excluding hydrogens is 351 g/mol. The number of carbonyl (C=O) groups excluding carboxylic acids is 3. The van der Waals surface area contributed by atoms with Crippen molar-refractivity contribution in [2.45, 2.75) is 26.2 Å². The van der Waals surface area contributed by atoms with Crippen LogP contribution in [0.25, 0.3) is 0 Å². The number of anilines is 2. The Morgan fingerprint density at radius 1 is 0.926 bits per heavy atom. The molecule has 0 bridgehead atoms. The number of nitrogens with one attached hydrogen (secondary N) is 2. The first-order valence-corrected chi connectivity index (χ1v) is 8.50. The summed E-state index contributed by atoms with van der Waals surface area (Å²) in [5, 5.41) is 5.24. The Morgan fingerprint density at radius 3 is 2.33 bits per heavy atom. The van der Waals surface area contributed by atoms with Crippen molar-refractivity contribution in [3.63, 3.8) is 0 Å². The van der Waals surface area contributed by atoms with Crippen LogP contribution in [0, 0.1) is 12.7 Å². The molecule has 0 atom stereocenters. The summed E-state index contributed by atoms with van der Waals surface area (Å²) in [7, 11) is 0. The fourth-order valence-electron chi connectivity index (χ4n) is 2.29. The monoisotopic (exact) mass is 372 g/mol. The first-order chi connectivity index (χ1) is 12.9. The van der Waals surface area contributed by atoms with Crippen LogP contribution in [0.4, 0.5) is 15.8 Å². The number of carbonyl (C=O) groups is 3. The summed E-state index contributed by atoms with van der Waals surface area (Å²) in [6.07, 6.45) is 0.419. The van der Waals surface area contributed by atoms with Crippen molar-refractivity contribution in [2.24, 2.45) is 0 Å². The smallest absolute Gasteiger partial charge is 0.306 e. The zero-order valence-electron chi connectivity index (χ0n) is 15.0. The van der Waals surface area contributed by atoms with Crippen LogP contribution in [0.15, 0.2) is 48.5 Å². The van der Waals surface area contributed by atoms with Gasteiger partial charge in [-0.1, -0.05) is 12.1 Å². The van der Waals surface area contributed by atoms with Gasteiger partial charge in [0.05, 0.1) is 0 Å². The van der Waals surface area contributed by atoms with Crippen molar-refractivity contribution in [3.8, 4) is 0 Å². The quantitative estimate of drug-likeness (QED) is 0.696. The molecule has 6 nitrogen and oxygen atoms in total. The number of hydrogen-bond donors (Lipinski definition) is 2. The van der Waals surface area contributed by atoms with E-state index in [1.807, 2.05) is 19.1 Å². The Bertz CT molecular complexity index is 806. The van der Waals surface area contributed by atoms with Crippen LogP contribution in [-0.2, 0) is 19.1 Å². The van der Waals surface area contributed by atoms with E-state index in [1.165, 1.54) is 24.3 Å². The minimum Gasteiger partial charge on any atom is -0.456 e. The maximum Gasteiger partial charge on any atom is 0.306 e. The van der Waals surface area contributed by atoms with Gasteiger partial charge in [-0.15, -0.1) is 0 Å². The van der Waals surface area contributed by atoms with E-state index < -0.39 is 11.9 Å². The fraction of sp³-hybridized carbons (Fsp3) is 0.250. The Morgan fingerprint density at radius 2 is 1.63 bits per heavy atom. The minimum absolute atomic E-state index is 0.0224. The summed E-state index contributed by atoms with van der Waals surface area (Å²) in [6.45, 7) is 1.52. The van der Waals surface area contributed by atoms with Gasteiger partial charge in [-0.25, -0.2) is 4.39 Å². The van der Waals surface area contributed by atoms with E-state index in [0.29, 0.717) is 11.4 Å². The first-order valence-electron chi connectivity index (χ1n) is 8.50. The zero-order valence-corrected chi connectivity index (χ0v) is 15.0. The topological polar surface area (TPSA) is 84.5 Å². The average molecular weight is 372 g/mol. The molecular formula is C20H21FN2O4. The Kier molecular flexibility index (Phi) is 7.49. The summed E-state index contributed by atoms with van der Waals surface area (Å²) >= 11 is 0. The Balaban J connectivity index is 1.62. The maximum atomic E-state index is 12.8. The summed E-state index contributed by atoms with van der Waals surface area (Å²) in [5.74, 6) is -1.65. The van der Waals surface area contributed by atoms with Crippen LogP contribution in [0.2, 0.25) is 0 Å². The van der Waals surface area contributed by atoms with Crippen LogP contribution < -0.4 is 10.6 Å². The van der Waals surface area contributed by atoms with Crippen molar-refractivity contribution in [3.05, 3.63) is 59.9 Å². The molecule has 0 spiro atoms. The molecule has 2 rings (SSSR count). The lowest BCUT2D eigenvalue weighted by molar-refractivity contribution is -0.147. The number of ether oxygens (including phenoxy) is 1. The summed E-state index contributed by atoms with van der Waals surface area (Å²) < 4.78 is 17.7. The second-order valence-electron chi connectivity index (χ2n) is 5.99. The van der Waals surface area contributed by atoms with E-state index in [2.05, 4.69) is 10.6 Å². The molecule has 0 aromatic heterocycles. The minimum atomic E-state index is -0.552. The van der Waals surface area contributed by atoms with Gasteiger partial charge in [-0.05, 0) is 55.3 Å². The molecule has 0 fully saturated rings. The van der Waals surface area contributed by atoms with Gasteiger partial charge in [0.2, 0.25) is 5.91 Å². The van der Waals surface area contributed by atoms with Crippen molar-refractivity contribution < 1.29 is 23.5 Å². The normalized spacial score (nSPS) is 10.1. The lowest BCUT2D eigenvalue weighted by atomic mass is 10.2. The van der Waals surface area contributed by atoms with Crippen LogP contribution >= 0.6 is 0 Å². The zero-order chi connectivity index (χ0) is 19.6. The number of rotatable bonds is 8. The van der Waals surface area contributed by atoms with Crippen LogP contribution in [0.5, 0.6) is 0 Å². The van der Waals surface area contributed by atoms with Crippen LogP contribution in [-0.4, -0.2) is 24.4 Å². The predicted octanol–water partition coefficient (Wildman–Crippen LogP) is 3.42. The van der Waals surface area contributed by atoms with E-state index in [1.54, 1.807) is 12.1 Å². The van der Waals surface area contributed by atoms with Crippen molar-refractivity contribution in [1.82, 2.24) is 0 Å². The molecule has 2 amide bonds. The Hall–Kier alpha value is -3.22. The Labute approximate surface area is 156 Å². The molecule has 0 radical (unpaired) electrons. The van der Waals surface area contributed by atoms with Gasteiger partial charge in [-0.2, -0.15) is 0 Å². The van der Waals surface area contributed by atoms with Crippen LogP contribution in [0.3, 0.4) is 0 Å². The second kappa shape index (κ2) is 10.1. The summed E-state index contributed by atoms with van der Waals surface area (Å²) in [6, 6.07) is 12.7. The average Bonchev–Trinajstić information content (AvgIpc) is 2.62. The number of benzene rings is 2. The molecule has 0 heterocycles. The van der Waals surface area contributed by atoms with Gasteiger partial charge in [0, 0.05) is 24.2 Å². The van der Waals surface area contributed by atoms with E-state index >= 15 is 0 Å². The highest BCUT2D eigenvalue weighted by molar-refractivity contribution is 5.93. The molecule has 2 aromatic carbocycles. The van der Waals surface area contributed by atoms with Crippen molar-refractivity contribution in [2.75, 3.05) is 17.2 Å². The largest absolute Gasteiger partial charge is 0.456 e. The molecule has 0 aliphatic heterocycles. The molecule has 0 aliphatic rings. The van der Waals surface area contributed by atoms with E-state index in [-0.39, 0.29) is 37.6 Å². The molecule has 2 N–H and O–H groups in total. The molecule has 0 unspecified atom stereocenters. The van der Waals surface area contributed by atoms with Gasteiger partial charge in [-0.3, -0.25) is 14.4 Å². The number of amides is 2. The third-order valence-corrected chi connectivity index (χ3v) is 3.58. The number of hydrogen-bond acceptors (Lipinski definition) is 4. The molecule has 2 aromatic rings. The van der Waals surface area contributed by atoms with Gasteiger partial charge in [0.25, 0.3) is 5.91 Å². The highest BCUT2D eigenvalue weighted by atomic mass is 19.1. The molecule has 7 heteroatoms. The maximum absolute atomic E-state index is 12.8. The third-order valence-electron chi connectivity index (χ3n) is 3.58. The third kappa shape index (κ3) is 7.68. The second-order valence-corrected chi connectivity index (χ2v) is 5.99. The van der Waals surface area contributed by atoms with Gasteiger partial charge >= 0.3 is 5.97 Å². The van der Waals surface area contributed by atoms with Crippen LogP contribution in [0.1, 0.15) is 24.8 Å². The van der Waals surface area contributed by atoms with E-state index in [9.17, 15) is 18.8 Å².